The van der Waals surface area contributed by atoms with Crippen LogP contribution in [0.1, 0.15) is 16.5 Å². The highest BCUT2D eigenvalue weighted by Gasteiger charge is 2.25. The van der Waals surface area contributed by atoms with Crippen molar-refractivity contribution in [2.24, 2.45) is 0 Å². The summed E-state index contributed by atoms with van der Waals surface area (Å²) in [6.07, 6.45) is 1.04. The number of carbonyl (C=O) groups excluding carboxylic acids is 1. The molecule has 0 bridgehead atoms. The van der Waals surface area contributed by atoms with Crippen LogP contribution in [-0.2, 0) is 11.2 Å². The zero-order valence-electron chi connectivity index (χ0n) is 7.46. The predicted octanol–water partition coefficient (Wildman–Crippen LogP) is 0.681. The third-order valence-electron chi connectivity index (χ3n) is 2.30. The van der Waals surface area contributed by atoms with Gasteiger partial charge in [0.25, 0.3) is 0 Å². The van der Waals surface area contributed by atoms with Gasteiger partial charge in [-0.3, -0.25) is 4.79 Å². The van der Waals surface area contributed by atoms with Crippen LogP contribution in [0.5, 0.6) is 0 Å². The van der Waals surface area contributed by atoms with Gasteiger partial charge in [0.05, 0.1) is 0 Å². The second-order valence-corrected chi connectivity index (χ2v) is 4.05. The minimum atomic E-state index is -0.139. The fourth-order valence-corrected chi connectivity index (χ4v) is 2.55. The maximum absolute atomic E-state index is 11.5. The topological polar surface area (TPSA) is 41.1 Å². The quantitative estimate of drug-likeness (QED) is 0.693. The Labute approximate surface area is 81.2 Å². The molecule has 1 aliphatic rings. The highest BCUT2D eigenvalue weighted by Crippen LogP contribution is 2.27. The predicted molar refractivity (Wildman–Crippen MR) is 52.8 cm³/mol. The molecule has 0 spiro atoms. The normalized spacial score (nSPS) is 20.8. The standard InChI is InChI=1S/C9H12N2OS/c1-10-9(12)8-6-3-5-13-7(6)2-4-11-8/h3,5,8,11H,2,4H2,1H3,(H,10,12). The van der Waals surface area contributed by atoms with Crippen LogP contribution in [0.15, 0.2) is 11.4 Å². The van der Waals surface area contributed by atoms with Crippen molar-refractivity contribution in [3.8, 4) is 0 Å². The van der Waals surface area contributed by atoms with Gasteiger partial charge >= 0.3 is 0 Å². The summed E-state index contributed by atoms with van der Waals surface area (Å²) < 4.78 is 0. The first-order chi connectivity index (χ1) is 6.33. The van der Waals surface area contributed by atoms with Crippen molar-refractivity contribution in [2.75, 3.05) is 13.6 Å². The van der Waals surface area contributed by atoms with Gasteiger partial charge in [-0.15, -0.1) is 11.3 Å². The van der Waals surface area contributed by atoms with E-state index in [0.717, 1.165) is 18.5 Å². The van der Waals surface area contributed by atoms with Crippen molar-refractivity contribution in [3.05, 3.63) is 21.9 Å². The van der Waals surface area contributed by atoms with E-state index in [-0.39, 0.29) is 11.9 Å². The number of nitrogens with one attached hydrogen (secondary N) is 2. The number of carbonyl (C=O) groups is 1. The Balaban J connectivity index is 2.30. The Morgan fingerprint density at radius 1 is 1.77 bits per heavy atom. The summed E-state index contributed by atoms with van der Waals surface area (Å²) in [5.74, 6) is 0.0550. The third kappa shape index (κ3) is 1.47. The van der Waals surface area contributed by atoms with Gasteiger partial charge in [-0.05, 0) is 23.4 Å². The second-order valence-electron chi connectivity index (χ2n) is 3.05. The van der Waals surface area contributed by atoms with E-state index >= 15 is 0 Å². The van der Waals surface area contributed by atoms with E-state index < -0.39 is 0 Å². The van der Waals surface area contributed by atoms with Crippen molar-refractivity contribution < 1.29 is 4.79 Å². The summed E-state index contributed by atoms with van der Waals surface area (Å²) in [6.45, 7) is 0.894. The minimum Gasteiger partial charge on any atom is -0.358 e. The maximum atomic E-state index is 11.5. The summed E-state index contributed by atoms with van der Waals surface area (Å²) in [4.78, 5) is 12.8. The summed E-state index contributed by atoms with van der Waals surface area (Å²) in [7, 11) is 1.67. The van der Waals surface area contributed by atoms with Crippen LogP contribution >= 0.6 is 11.3 Å². The average Bonchev–Trinajstić information content (AvgIpc) is 2.63. The smallest absolute Gasteiger partial charge is 0.241 e. The number of fused-ring (bicyclic) bond motifs is 1. The van der Waals surface area contributed by atoms with Crippen LogP contribution in [0.4, 0.5) is 0 Å². The SMILES string of the molecule is CNC(=O)C1NCCc2sccc21. The Kier molecular flexibility index (Phi) is 2.33. The summed E-state index contributed by atoms with van der Waals surface area (Å²) in [5, 5.41) is 7.92. The van der Waals surface area contributed by atoms with Crippen molar-refractivity contribution >= 4 is 17.2 Å². The molecule has 2 rings (SSSR count). The van der Waals surface area contributed by atoms with Crippen LogP contribution in [0, 0.1) is 0 Å². The molecule has 3 nitrogen and oxygen atoms in total. The number of rotatable bonds is 1. The van der Waals surface area contributed by atoms with Gasteiger partial charge in [0.2, 0.25) is 5.91 Å². The van der Waals surface area contributed by atoms with Gasteiger partial charge in [0.1, 0.15) is 6.04 Å². The molecule has 4 heteroatoms. The molecule has 13 heavy (non-hydrogen) atoms. The number of likely N-dealkylation sites (N-methyl/N-ethyl adjacent to an activating group) is 1. The number of amides is 1. The highest BCUT2D eigenvalue weighted by molar-refractivity contribution is 7.10. The fourth-order valence-electron chi connectivity index (χ4n) is 1.63. The molecular formula is C9H12N2OS. The monoisotopic (exact) mass is 196 g/mol. The Morgan fingerprint density at radius 3 is 3.38 bits per heavy atom. The summed E-state index contributed by atoms with van der Waals surface area (Å²) in [6, 6.07) is 1.89. The molecular weight excluding hydrogens is 184 g/mol. The molecule has 1 atom stereocenters. The van der Waals surface area contributed by atoms with E-state index in [1.807, 2.05) is 11.4 Å². The molecule has 1 aliphatic heterocycles. The third-order valence-corrected chi connectivity index (χ3v) is 3.30. The zero-order valence-corrected chi connectivity index (χ0v) is 8.28. The van der Waals surface area contributed by atoms with Gasteiger partial charge in [-0.1, -0.05) is 0 Å². The molecule has 1 aromatic heterocycles. The van der Waals surface area contributed by atoms with Crippen LogP contribution in [-0.4, -0.2) is 19.5 Å². The van der Waals surface area contributed by atoms with Crippen molar-refractivity contribution in [3.63, 3.8) is 0 Å². The van der Waals surface area contributed by atoms with Crippen LogP contribution in [0.25, 0.3) is 0 Å². The first kappa shape index (κ1) is 8.72. The lowest BCUT2D eigenvalue weighted by atomic mass is 10.0. The summed E-state index contributed by atoms with van der Waals surface area (Å²) >= 11 is 1.74. The zero-order chi connectivity index (χ0) is 9.26. The molecule has 0 fully saturated rings. The van der Waals surface area contributed by atoms with Gasteiger partial charge in [-0.2, -0.15) is 0 Å². The first-order valence-corrected chi connectivity index (χ1v) is 5.22. The van der Waals surface area contributed by atoms with E-state index in [4.69, 9.17) is 0 Å². The molecule has 0 radical (unpaired) electrons. The number of thiophene rings is 1. The van der Waals surface area contributed by atoms with Crippen molar-refractivity contribution in [1.82, 2.24) is 10.6 Å². The first-order valence-electron chi connectivity index (χ1n) is 4.34. The van der Waals surface area contributed by atoms with Crippen molar-refractivity contribution in [1.29, 1.82) is 0 Å². The molecule has 2 N–H and O–H groups in total. The molecule has 0 aliphatic carbocycles. The molecule has 1 aromatic rings. The largest absolute Gasteiger partial charge is 0.358 e. The Bertz CT molecular complexity index is 321. The Morgan fingerprint density at radius 2 is 2.62 bits per heavy atom. The lowest BCUT2D eigenvalue weighted by Crippen LogP contribution is -2.39. The molecule has 1 unspecified atom stereocenters. The lowest BCUT2D eigenvalue weighted by molar-refractivity contribution is -0.122. The molecule has 0 aromatic carbocycles. The molecule has 0 saturated heterocycles. The minimum absolute atomic E-state index is 0.0550. The second kappa shape index (κ2) is 3.47. The van der Waals surface area contributed by atoms with E-state index in [1.54, 1.807) is 18.4 Å². The number of hydrogen-bond donors (Lipinski definition) is 2. The average molecular weight is 196 g/mol. The summed E-state index contributed by atoms with van der Waals surface area (Å²) in [5.41, 5.74) is 1.15. The number of hydrogen-bond acceptors (Lipinski definition) is 3. The highest BCUT2D eigenvalue weighted by atomic mass is 32.1. The van der Waals surface area contributed by atoms with Crippen LogP contribution < -0.4 is 10.6 Å². The van der Waals surface area contributed by atoms with Gasteiger partial charge in [0, 0.05) is 18.5 Å². The lowest BCUT2D eigenvalue weighted by Gasteiger charge is -2.22. The van der Waals surface area contributed by atoms with Crippen molar-refractivity contribution in [2.45, 2.75) is 12.5 Å². The van der Waals surface area contributed by atoms with E-state index in [1.165, 1.54) is 4.88 Å². The fraction of sp³-hybridized carbons (Fsp3) is 0.444. The Hall–Kier alpha value is -0.870. The van der Waals surface area contributed by atoms with E-state index in [0.29, 0.717) is 0 Å². The molecule has 70 valence electrons. The maximum Gasteiger partial charge on any atom is 0.241 e. The van der Waals surface area contributed by atoms with Gasteiger partial charge in [-0.25, -0.2) is 0 Å². The van der Waals surface area contributed by atoms with E-state index in [9.17, 15) is 4.79 Å². The molecule has 2 heterocycles. The van der Waals surface area contributed by atoms with Gasteiger partial charge in [0.15, 0.2) is 0 Å². The van der Waals surface area contributed by atoms with Crippen LogP contribution in [0.2, 0.25) is 0 Å². The molecule has 1 amide bonds. The van der Waals surface area contributed by atoms with Crippen LogP contribution in [0.3, 0.4) is 0 Å². The molecule has 0 saturated carbocycles. The van der Waals surface area contributed by atoms with E-state index in [2.05, 4.69) is 10.6 Å². The van der Waals surface area contributed by atoms with Gasteiger partial charge < -0.3 is 10.6 Å².